The van der Waals surface area contributed by atoms with Crippen LogP contribution in [0.1, 0.15) is 12.5 Å². The van der Waals surface area contributed by atoms with Crippen molar-refractivity contribution < 1.29 is 0 Å². The van der Waals surface area contributed by atoms with Crippen molar-refractivity contribution in [1.29, 1.82) is 0 Å². The first-order valence-corrected chi connectivity index (χ1v) is 11.7. The molecule has 0 amide bonds. The zero-order valence-electron chi connectivity index (χ0n) is 18.8. The average molecular weight is 452 g/mol. The van der Waals surface area contributed by atoms with E-state index in [0.717, 1.165) is 46.0 Å². The molecule has 0 atom stereocenters. The minimum atomic E-state index is 0.633. The summed E-state index contributed by atoms with van der Waals surface area (Å²) in [5.74, 6) is 0. The van der Waals surface area contributed by atoms with E-state index in [2.05, 4.69) is 44.4 Å². The summed E-state index contributed by atoms with van der Waals surface area (Å²) in [6.07, 6.45) is 2.37. The lowest BCUT2D eigenvalue weighted by Gasteiger charge is -2.22. The molecule has 0 spiro atoms. The first kappa shape index (κ1) is 22.7. The maximum atomic E-state index is 5.68. The van der Waals surface area contributed by atoms with Gasteiger partial charge in [-0.25, -0.2) is 0 Å². The molecule has 164 valence electrons. The van der Waals surface area contributed by atoms with Gasteiger partial charge in [-0.3, -0.25) is 0 Å². The molecule has 0 aliphatic heterocycles. The standard InChI is InChI=1S/C25H25BN6S/c1-3-32(17-16-26)22-14-12-21(13-15-22)29-28-20-10-8-19(9-11-20)18-27-30-25-31(2)23-6-4-5-7-24(23)33-25/h4-15,18H,3,16-17H2,1-2H3/b27-18+,29-28?,30-25-. The van der Waals surface area contributed by atoms with Gasteiger partial charge < -0.3 is 9.47 Å². The van der Waals surface area contributed by atoms with Crippen molar-refractivity contribution in [2.75, 3.05) is 18.0 Å². The zero-order valence-corrected chi connectivity index (χ0v) is 19.6. The Kier molecular flexibility index (Phi) is 7.47. The number of azo groups is 1. The number of hydrogen-bond donors (Lipinski definition) is 0. The molecule has 33 heavy (non-hydrogen) atoms. The van der Waals surface area contributed by atoms with Crippen molar-refractivity contribution in [3.05, 3.63) is 83.2 Å². The van der Waals surface area contributed by atoms with Gasteiger partial charge in [-0.05, 0) is 61.0 Å². The van der Waals surface area contributed by atoms with E-state index in [9.17, 15) is 0 Å². The molecule has 0 N–H and O–H groups in total. The summed E-state index contributed by atoms with van der Waals surface area (Å²) in [6.45, 7) is 3.88. The van der Waals surface area contributed by atoms with Crippen LogP contribution in [-0.4, -0.2) is 31.7 Å². The van der Waals surface area contributed by atoms with Gasteiger partial charge in [-0.1, -0.05) is 41.9 Å². The molecule has 0 bridgehead atoms. The predicted molar refractivity (Wildman–Crippen MR) is 139 cm³/mol. The van der Waals surface area contributed by atoms with Gasteiger partial charge in [0.2, 0.25) is 4.80 Å². The monoisotopic (exact) mass is 452 g/mol. The molecule has 0 aliphatic rings. The Balaban J connectivity index is 1.41. The number of rotatable bonds is 8. The Hall–Kier alpha value is -3.52. The number of benzene rings is 3. The fourth-order valence-corrected chi connectivity index (χ4v) is 4.40. The van der Waals surface area contributed by atoms with E-state index in [1.165, 1.54) is 4.70 Å². The lowest BCUT2D eigenvalue weighted by atomic mass is 10.0. The average Bonchev–Trinajstić information content (AvgIpc) is 3.18. The van der Waals surface area contributed by atoms with E-state index >= 15 is 0 Å². The van der Waals surface area contributed by atoms with Gasteiger partial charge in [0.1, 0.15) is 0 Å². The van der Waals surface area contributed by atoms with Crippen LogP contribution in [0.3, 0.4) is 0 Å². The predicted octanol–water partition coefficient (Wildman–Crippen LogP) is 6.00. The number of thiazole rings is 1. The van der Waals surface area contributed by atoms with Gasteiger partial charge in [0.05, 0.1) is 35.7 Å². The zero-order chi connectivity index (χ0) is 23.0. The minimum Gasteiger partial charge on any atom is -0.373 e. The lowest BCUT2D eigenvalue weighted by Crippen LogP contribution is -2.23. The SMILES string of the molecule is [B]CCN(CC)c1ccc(N=Nc2ccc(/C=N/N=c3\sc4ccccc4n3C)cc2)cc1. The lowest BCUT2D eigenvalue weighted by molar-refractivity contribution is 0.865. The number of aromatic nitrogens is 1. The Morgan fingerprint density at radius 2 is 1.61 bits per heavy atom. The summed E-state index contributed by atoms with van der Waals surface area (Å²) in [5.41, 5.74) is 4.83. The van der Waals surface area contributed by atoms with Crippen molar-refractivity contribution in [2.24, 2.45) is 27.5 Å². The molecule has 3 aromatic carbocycles. The summed E-state index contributed by atoms with van der Waals surface area (Å²) < 4.78 is 3.24. The van der Waals surface area contributed by atoms with Crippen LogP contribution < -0.4 is 9.70 Å². The number of nitrogens with zero attached hydrogens (tertiary/aromatic N) is 6. The number of aryl methyl sites for hydroxylation is 1. The molecule has 6 nitrogen and oxygen atoms in total. The van der Waals surface area contributed by atoms with Crippen LogP contribution in [0, 0.1) is 0 Å². The van der Waals surface area contributed by atoms with Gasteiger partial charge in [0.15, 0.2) is 0 Å². The van der Waals surface area contributed by atoms with Crippen molar-refractivity contribution in [3.63, 3.8) is 0 Å². The Morgan fingerprint density at radius 3 is 2.24 bits per heavy atom. The van der Waals surface area contributed by atoms with Crippen molar-refractivity contribution >= 4 is 52.7 Å². The minimum absolute atomic E-state index is 0.633. The third-order valence-corrected chi connectivity index (χ3v) is 6.34. The summed E-state index contributed by atoms with van der Waals surface area (Å²) in [4.78, 5) is 3.09. The molecule has 4 aromatic rings. The number of anilines is 1. The fourth-order valence-electron chi connectivity index (χ4n) is 3.42. The molecule has 1 heterocycles. The third kappa shape index (κ3) is 5.65. The Bertz CT molecular complexity index is 1320. The van der Waals surface area contributed by atoms with Gasteiger partial charge >= 0.3 is 0 Å². The number of para-hydroxylation sites is 1. The normalized spacial score (nSPS) is 12.4. The molecule has 0 saturated carbocycles. The van der Waals surface area contributed by atoms with Crippen LogP contribution >= 0.6 is 11.3 Å². The first-order chi connectivity index (χ1) is 16.2. The molecule has 1 aromatic heterocycles. The summed E-state index contributed by atoms with van der Waals surface area (Å²) in [6, 6.07) is 24.0. The quantitative estimate of drug-likeness (QED) is 0.140. The smallest absolute Gasteiger partial charge is 0.211 e. The largest absolute Gasteiger partial charge is 0.373 e. The van der Waals surface area contributed by atoms with E-state index < -0.39 is 0 Å². The topological polar surface area (TPSA) is 57.6 Å². The highest BCUT2D eigenvalue weighted by Crippen LogP contribution is 2.22. The van der Waals surface area contributed by atoms with E-state index in [-0.39, 0.29) is 0 Å². The van der Waals surface area contributed by atoms with Crippen molar-refractivity contribution in [3.8, 4) is 0 Å². The van der Waals surface area contributed by atoms with Gasteiger partial charge in [0, 0.05) is 25.8 Å². The summed E-state index contributed by atoms with van der Waals surface area (Å²) in [5, 5.41) is 17.3. The molecular formula is C25H25BN6S. The summed E-state index contributed by atoms with van der Waals surface area (Å²) >= 11 is 1.62. The van der Waals surface area contributed by atoms with E-state index in [1.807, 2.05) is 72.3 Å². The third-order valence-electron chi connectivity index (χ3n) is 5.23. The highest BCUT2D eigenvalue weighted by atomic mass is 32.1. The van der Waals surface area contributed by atoms with Crippen LogP contribution in [0.2, 0.25) is 6.32 Å². The highest BCUT2D eigenvalue weighted by Gasteiger charge is 2.03. The second kappa shape index (κ2) is 10.9. The van der Waals surface area contributed by atoms with E-state index in [4.69, 9.17) is 7.85 Å². The van der Waals surface area contributed by atoms with Crippen LogP contribution in [0.15, 0.2) is 93.2 Å². The van der Waals surface area contributed by atoms with Crippen molar-refractivity contribution in [1.82, 2.24) is 4.57 Å². The number of fused-ring (bicyclic) bond motifs is 1. The van der Waals surface area contributed by atoms with E-state index in [1.54, 1.807) is 17.6 Å². The first-order valence-electron chi connectivity index (χ1n) is 10.9. The second-order valence-electron chi connectivity index (χ2n) is 7.43. The van der Waals surface area contributed by atoms with Crippen LogP contribution in [0.5, 0.6) is 0 Å². The highest BCUT2D eigenvalue weighted by molar-refractivity contribution is 7.16. The van der Waals surface area contributed by atoms with Crippen LogP contribution in [0.4, 0.5) is 17.1 Å². The molecule has 0 fully saturated rings. The van der Waals surface area contributed by atoms with Crippen LogP contribution in [-0.2, 0) is 7.05 Å². The second-order valence-corrected chi connectivity index (χ2v) is 8.44. The maximum Gasteiger partial charge on any atom is 0.211 e. The van der Waals surface area contributed by atoms with Gasteiger partial charge in [-0.15, -0.1) is 5.10 Å². The van der Waals surface area contributed by atoms with Crippen LogP contribution in [0.25, 0.3) is 10.2 Å². The molecule has 4 rings (SSSR count). The van der Waals surface area contributed by atoms with Gasteiger partial charge in [-0.2, -0.15) is 15.3 Å². The maximum absolute atomic E-state index is 5.68. The molecule has 2 radical (unpaired) electrons. The van der Waals surface area contributed by atoms with Gasteiger partial charge in [0.25, 0.3) is 0 Å². The molecule has 8 heteroatoms. The fraction of sp³-hybridized carbons (Fsp3) is 0.200. The summed E-state index contributed by atoms with van der Waals surface area (Å²) in [7, 11) is 7.68. The molecule has 0 aliphatic carbocycles. The molecular weight excluding hydrogens is 427 g/mol. The molecule has 0 saturated heterocycles. The Morgan fingerprint density at radius 1 is 0.939 bits per heavy atom. The molecule has 0 unspecified atom stereocenters. The van der Waals surface area contributed by atoms with Crippen molar-refractivity contribution in [2.45, 2.75) is 13.2 Å². The van der Waals surface area contributed by atoms with E-state index in [0.29, 0.717) is 6.32 Å². The Labute approximate surface area is 199 Å². The number of hydrogen-bond acceptors (Lipinski definition) is 6.